The molecule has 0 amide bonds. The van der Waals surface area contributed by atoms with Gasteiger partial charge >= 0.3 is 0 Å². The number of hydrogen-bond donors (Lipinski definition) is 1. The number of nitrogens with one attached hydrogen (secondary N) is 1. The Balaban J connectivity index is 2.13. The number of nitro benzene ring substituents is 2. The predicted molar refractivity (Wildman–Crippen MR) is 100 cm³/mol. The van der Waals surface area contributed by atoms with Crippen LogP contribution in [0.1, 0.15) is 0 Å². The molecular formula is C17H16N4O6. The maximum Gasteiger partial charge on any atom is 0.298 e. The molecule has 0 saturated carbocycles. The lowest BCUT2D eigenvalue weighted by molar-refractivity contribution is -0.384. The van der Waals surface area contributed by atoms with Crippen LogP contribution in [0.3, 0.4) is 0 Å². The first kappa shape index (κ1) is 19.4. The molecule has 0 spiro atoms. The second kappa shape index (κ2) is 8.94. The number of anilines is 1. The van der Waals surface area contributed by atoms with E-state index in [1.807, 2.05) is 0 Å². The number of aliphatic imine (C=N–C) groups is 1. The molecule has 0 fully saturated rings. The predicted octanol–water partition coefficient (Wildman–Crippen LogP) is 3.85. The summed E-state index contributed by atoms with van der Waals surface area (Å²) in [6.07, 6.45) is 4.22. The lowest BCUT2D eigenvalue weighted by atomic mass is 10.2. The molecule has 10 nitrogen and oxygen atoms in total. The highest BCUT2D eigenvalue weighted by atomic mass is 16.6. The average Bonchev–Trinajstić information content (AvgIpc) is 2.67. The fourth-order valence-corrected chi connectivity index (χ4v) is 2.10. The lowest BCUT2D eigenvalue weighted by Gasteiger charge is -2.04. The van der Waals surface area contributed by atoms with E-state index in [0.717, 1.165) is 0 Å². The van der Waals surface area contributed by atoms with Gasteiger partial charge in [-0.05, 0) is 30.3 Å². The average molecular weight is 372 g/mol. The number of nitro groups is 2. The molecule has 2 aromatic rings. The first-order valence-electron chi connectivity index (χ1n) is 7.57. The van der Waals surface area contributed by atoms with Crippen LogP contribution in [-0.2, 0) is 0 Å². The van der Waals surface area contributed by atoms with E-state index in [4.69, 9.17) is 9.47 Å². The maximum atomic E-state index is 11.1. The fourth-order valence-electron chi connectivity index (χ4n) is 2.10. The van der Waals surface area contributed by atoms with Crippen LogP contribution < -0.4 is 14.8 Å². The summed E-state index contributed by atoms with van der Waals surface area (Å²) in [5.74, 6) is 0.717. The second-order valence-electron chi connectivity index (χ2n) is 5.03. The Morgan fingerprint density at radius 3 is 2.15 bits per heavy atom. The van der Waals surface area contributed by atoms with Crippen LogP contribution in [0.5, 0.6) is 11.5 Å². The van der Waals surface area contributed by atoms with E-state index in [-0.39, 0.29) is 22.7 Å². The Hall–Kier alpha value is -3.95. The molecule has 0 aliphatic carbocycles. The Morgan fingerprint density at radius 1 is 0.963 bits per heavy atom. The van der Waals surface area contributed by atoms with Gasteiger partial charge in [0.2, 0.25) is 0 Å². The normalized spacial score (nSPS) is 10.9. The molecule has 140 valence electrons. The van der Waals surface area contributed by atoms with Gasteiger partial charge in [0.15, 0.2) is 0 Å². The summed E-state index contributed by atoms with van der Waals surface area (Å²) in [5.41, 5.74) is 0.0706. The van der Waals surface area contributed by atoms with Crippen molar-refractivity contribution in [2.75, 3.05) is 19.5 Å². The van der Waals surface area contributed by atoms with Crippen LogP contribution in [-0.4, -0.2) is 30.3 Å². The number of benzene rings is 2. The summed E-state index contributed by atoms with van der Waals surface area (Å²) >= 11 is 0. The molecule has 0 bridgehead atoms. The van der Waals surface area contributed by atoms with Gasteiger partial charge in [0.05, 0.1) is 36.2 Å². The summed E-state index contributed by atoms with van der Waals surface area (Å²) in [6.45, 7) is 0. The molecule has 0 radical (unpaired) electrons. The molecule has 0 saturated heterocycles. The Kier molecular flexibility index (Phi) is 6.42. The summed E-state index contributed by atoms with van der Waals surface area (Å²) in [5, 5.41) is 25.0. The van der Waals surface area contributed by atoms with Crippen molar-refractivity contribution in [2.45, 2.75) is 0 Å². The largest absolute Gasteiger partial charge is 0.496 e. The standard InChI is InChI=1S/C17H16N4O6/c1-26-12-4-6-14(16(10-12)20(22)23)18-8-3-9-19-15-7-5-13(27-2)11-17(15)21(24)25/h3-11,18H,1-2H3/b8-3+,19-9?. The van der Waals surface area contributed by atoms with Crippen LogP contribution in [0.25, 0.3) is 0 Å². The van der Waals surface area contributed by atoms with Crippen LogP contribution in [0, 0.1) is 20.2 Å². The first-order chi connectivity index (χ1) is 13.0. The maximum absolute atomic E-state index is 11.1. The van der Waals surface area contributed by atoms with Crippen molar-refractivity contribution in [3.63, 3.8) is 0 Å². The zero-order valence-corrected chi connectivity index (χ0v) is 14.5. The summed E-state index contributed by atoms with van der Waals surface area (Å²) in [4.78, 5) is 25.1. The molecule has 2 rings (SSSR count). The van der Waals surface area contributed by atoms with Crippen molar-refractivity contribution >= 4 is 29.0 Å². The van der Waals surface area contributed by atoms with Gasteiger partial charge in [-0.15, -0.1) is 0 Å². The van der Waals surface area contributed by atoms with Crippen molar-refractivity contribution in [1.82, 2.24) is 0 Å². The molecule has 0 aromatic heterocycles. The SMILES string of the molecule is COc1ccc(N=C/C=C/Nc2ccc(OC)cc2[N+](=O)[O-])c([N+](=O)[O-])c1. The Bertz CT molecular complexity index is 910. The van der Waals surface area contributed by atoms with Gasteiger partial charge in [-0.1, -0.05) is 0 Å². The van der Waals surface area contributed by atoms with Crippen LogP contribution in [0.4, 0.5) is 22.7 Å². The van der Waals surface area contributed by atoms with Crippen LogP contribution in [0.2, 0.25) is 0 Å². The molecule has 27 heavy (non-hydrogen) atoms. The summed E-state index contributed by atoms with van der Waals surface area (Å²) < 4.78 is 9.92. The molecule has 0 unspecified atom stereocenters. The monoisotopic (exact) mass is 372 g/mol. The zero-order valence-electron chi connectivity index (χ0n) is 14.5. The van der Waals surface area contributed by atoms with Gasteiger partial charge in [-0.2, -0.15) is 0 Å². The fraction of sp³-hybridized carbons (Fsp3) is 0.118. The zero-order chi connectivity index (χ0) is 19.8. The minimum Gasteiger partial charge on any atom is -0.496 e. The third-order valence-corrected chi connectivity index (χ3v) is 3.42. The minimum atomic E-state index is -0.558. The van der Waals surface area contributed by atoms with Gasteiger partial charge in [0.1, 0.15) is 22.9 Å². The highest BCUT2D eigenvalue weighted by molar-refractivity contribution is 5.78. The third-order valence-electron chi connectivity index (χ3n) is 3.42. The molecule has 0 aliphatic heterocycles. The van der Waals surface area contributed by atoms with E-state index < -0.39 is 9.85 Å². The third kappa shape index (κ3) is 5.01. The van der Waals surface area contributed by atoms with Crippen molar-refractivity contribution in [3.05, 3.63) is 68.9 Å². The van der Waals surface area contributed by atoms with E-state index in [1.165, 1.54) is 57.0 Å². The van der Waals surface area contributed by atoms with Gasteiger partial charge in [0.25, 0.3) is 11.4 Å². The molecule has 2 aromatic carbocycles. The van der Waals surface area contributed by atoms with Crippen molar-refractivity contribution < 1.29 is 19.3 Å². The topological polar surface area (TPSA) is 129 Å². The Labute approximate surface area is 154 Å². The van der Waals surface area contributed by atoms with E-state index in [2.05, 4.69) is 10.3 Å². The Morgan fingerprint density at radius 2 is 1.56 bits per heavy atom. The summed E-state index contributed by atoms with van der Waals surface area (Å²) in [6, 6.07) is 8.68. The van der Waals surface area contributed by atoms with Crippen molar-refractivity contribution in [2.24, 2.45) is 4.99 Å². The second-order valence-corrected chi connectivity index (χ2v) is 5.03. The van der Waals surface area contributed by atoms with E-state index >= 15 is 0 Å². The van der Waals surface area contributed by atoms with Crippen molar-refractivity contribution in [3.8, 4) is 11.5 Å². The number of ether oxygens (including phenoxy) is 2. The molecule has 1 N–H and O–H groups in total. The number of methoxy groups -OCH3 is 2. The quantitative estimate of drug-likeness (QED) is 0.423. The number of allylic oxidation sites excluding steroid dienone is 1. The minimum absolute atomic E-state index is 0.151. The molecule has 0 atom stereocenters. The van der Waals surface area contributed by atoms with Gasteiger partial charge in [-0.3, -0.25) is 20.2 Å². The first-order valence-corrected chi connectivity index (χ1v) is 7.57. The smallest absolute Gasteiger partial charge is 0.298 e. The number of nitrogens with zero attached hydrogens (tertiary/aromatic N) is 3. The molecule has 0 aliphatic rings. The van der Waals surface area contributed by atoms with Crippen LogP contribution >= 0.6 is 0 Å². The van der Waals surface area contributed by atoms with Gasteiger partial charge < -0.3 is 14.8 Å². The highest BCUT2D eigenvalue weighted by Gasteiger charge is 2.15. The lowest BCUT2D eigenvalue weighted by Crippen LogP contribution is -1.96. The van der Waals surface area contributed by atoms with Crippen molar-refractivity contribution in [1.29, 1.82) is 0 Å². The van der Waals surface area contributed by atoms with E-state index in [9.17, 15) is 20.2 Å². The molecular weight excluding hydrogens is 356 g/mol. The van der Waals surface area contributed by atoms with Gasteiger partial charge in [0, 0.05) is 12.4 Å². The van der Waals surface area contributed by atoms with Crippen LogP contribution in [0.15, 0.2) is 53.7 Å². The van der Waals surface area contributed by atoms with Gasteiger partial charge in [-0.25, -0.2) is 4.99 Å². The number of hydrogen-bond acceptors (Lipinski definition) is 8. The van der Waals surface area contributed by atoms with E-state index in [1.54, 1.807) is 12.1 Å². The molecule has 10 heteroatoms. The number of rotatable bonds is 8. The molecule has 0 heterocycles. The summed E-state index contributed by atoms with van der Waals surface area (Å²) in [7, 11) is 2.83. The highest BCUT2D eigenvalue weighted by Crippen LogP contribution is 2.31. The van der Waals surface area contributed by atoms with E-state index in [0.29, 0.717) is 11.5 Å².